The molecule has 9 rings (SSSR count). The molecular weight excluding hydrogens is 672 g/mol. The molecule has 5 aliphatic rings. The van der Waals surface area contributed by atoms with Gasteiger partial charge in [0, 0.05) is 67.5 Å². The van der Waals surface area contributed by atoms with Crippen molar-refractivity contribution in [3.05, 3.63) is 60.4 Å². The van der Waals surface area contributed by atoms with Crippen LogP contribution in [0.1, 0.15) is 77.8 Å². The van der Waals surface area contributed by atoms with Crippen LogP contribution in [0.4, 0.5) is 21.6 Å². The Bertz CT molecular complexity index is 2080. The molecule has 12 heteroatoms. The van der Waals surface area contributed by atoms with Crippen LogP contribution < -0.4 is 10.2 Å². The van der Waals surface area contributed by atoms with E-state index in [1.807, 2.05) is 15.5 Å². The Kier molecular flexibility index (Phi) is 8.34. The molecule has 1 N–H and O–H groups in total. The molecule has 7 heterocycles. The first kappa shape index (κ1) is 34.4. The summed E-state index contributed by atoms with van der Waals surface area (Å²) in [6.07, 6.45) is 9.38. The molecule has 53 heavy (non-hydrogen) atoms. The second-order valence-electron chi connectivity index (χ2n) is 17.1. The molecule has 3 aromatic heterocycles. The van der Waals surface area contributed by atoms with Crippen LogP contribution in [0.2, 0.25) is 0 Å². The molecule has 1 spiro atoms. The Labute approximate surface area is 309 Å². The number of hydrogen-bond donors (Lipinski definition) is 1. The van der Waals surface area contributed by atoms with Crippen LogP contribution in [-0.2, 0) is 19.7 Å². The standard InChI is InChI=1S/C41H49FN8O3/c1-25(2)49-24-44-34-19-33(46-38(37(34)49)45-32-7-11-43-20-31(32)42)27-5-6-30-35(16-27)50(29-17-28(18-29)48-12-8-40(3,4)23-48)39(52)41(30)9-13-47(14-10-41)36(51)15-26-21-53-22-26/h5-7,11,16,19-20,24-26,28-29H,8-10,12-15,17-18,21-23H2,1-4H3,(H,43,45,46). The monoisotopic (exact) mass is 720 g/mol. The van der Waals surface area contributed by atoms with Crippen LogP contribution in [0.25, 0.3) is 22.3 Å². The van der Waals surface area contributed by atoms with E-state index in [2.05, 4.69) is 66.0 Å². The van der Waals surface area contributed by atoms with E-state index in [0.29, 0.717) is 74.5 Å². The maximum atomic E-state index is 14.9. The summed E-state index contributed by atoms with van der Waals surface area (Å²) in [5.41, 5.74) is 5.03. The topological polar surface area (TPSA) is 109 Å². The van der Waals surface area contributed by atoms with Gasteiger partial charge in [0.15, 0.2) is 11.6 Å². The van der Waals surface area contributed by atoms with E-state index in [1.54, 1.807) is 18.6 Å². The summed E-state index contributed by atoms with van der Waals surface area (Å²) in [7, 11) is 0. The minimum atomic E-state index is -0.663. The number of piperidine rings is 1. The van der Waals surface area contributed by atoms with Crippen molar-refractivity contribution < 1.29 is 18.7 Å². The number of nitrogens with zero attached hydrogens (tertiary/aromatic N) is 7. The number of rotatable bonds is 8. The van der Waals surface area contributed by atoms with Crippen LogP contribution in [0.3, 0.4) is 0 Å². The Morgan fingerprint density at radius 2 is 1.85 bits per heavy atom. The van der Waals surface area contributed by atoms with Gasteiger partial charge in [-0.3, -0.25) is 19.5 Å². The minimum absolute atomic E-state index is 0.109. The number of halogens is 1. The lowest BCUT2D eigenvalue weighted by molar-refractivity contribution is -0.140. The molecule has 1 aliphatic carbocycles. The summed E-state index contributed by atoms with van der Waals surface area (Å²) < 4.78 is 22.2. The Morgan fingerprint density at radius 1 is 1.06 bits per heavy atom. The number of ether oxygens (including phenoxy) is 1. The molecule has 4 fully saturated rings. The van der Waals surface area contributed by atoms with Crippen molar-refractivity contribution in [3.63, 3.8) is 0 Å². The number of nitrogens with one attached hydrogen (secondary N) is 1. The number of carbonyl (C=O) groups is 2. The fourth-order valence-electron chi connectivity index (χ4n) is 9.34. The molecule has 0 atom stereocenters. The summed E-state index contributed by atoms with van der Waals surface area (Å²) in [6.45, 7) is 13.5. The zero-order valence-corrected chi connectivity index (χ0v) is 31.1. The molecule has 0 unspecified atom stereocenters. The van der Waals surface area contributed by atoms with Crippen molar-refractivity contribution in [3.8, 4) is 11.3 Å². The fraction of sp³-hybridized carbons (Fsp3) is 0.537. The highest BCUT2D eigenvalue weighted by Gasteiger charge is 2.56. The SMILES string of the molecule is CC(C)n1cnc2cc(-c3ccc4c(c3)N(C3CC(N5CCC(C)(C)C5)C3)C(=O)C43CCN(C(=O)CC4COC4)CC3)nc(Nc3ccncc3F)c21. The predicted octanol–water partition coefficient (Wildman–Crippen LogP) is 6.46. The van der Waals surface area contributed by atoms with Crippen molar-refractivity contribution in [2.45, 2.75) is 89.8 Å². The normalized spacial score (nSPS) is 23.8. The highest BCUT2D eigenvalue weighted by molar-refractivity contribution is 6.09. The van der Waals surface area contributed by atoms with Crippen molar-refractivity contribution in [2.24, 2.45) is 11.3 Å². The van der Waals surface area contributed by atoms with E-state index < -0.39 is 11.2 Å². The summed E-state index contributed by atoms with van der Waals surface area (Å²) in [4.78, 5) is 48.5. The highest BCUT2D eigenvalue weighted by Crippen LogP contribution is 2.52. The first-order valence-electron chi connectivity index (χ1n) is 19.3. The first-order chi connectivity index (χ1) is 25.5. The molecule has 278 valence electrons. The lowest BCUT2D eigenvalue weighted by atomic mass is 9.73. The molecule has 4 aromatic rings. The number of carbonyl (C=O) groups excluding carboxylic acids is 2. The van der Waals surface area contributed by atoms with E-state index in [-0.39, 0.29) is 29.6 Å². The van der Waals surface area contributed by atoms with E-state index >= 15 is 0 Å². The Balaban J connectivity index is 1.07. The number of pyridine rings is 2. The molecule has 11 nitrogen and oxygen atoms in total. The average Bonchev–Trinajstić information content (AvgIpc) is 3.76. The summed E-state index contributed by atoms with van der Waals surface area (Å²) in [5, 5.41) is 3.23. The first-order valence-corrected chi connectivity index (χ1v) is 19.3. The zero-order valence-electron chi connectivity index (χ0n) is 31.1. The summed E-state index contributed by atoms with van der Waals surface area (Å²) >= 11 is 0. The van der Waals surface area contributed by atoms with E-state index in [9.17, 15) is 14.0 Å². The third-order valence-electron chi connectivity index (χ3n) is 12.6. The van der Waals surface area contributed by atoms with E-state index in [1.165, 1.54) is 12.6 Å². The van der Waals surface area contributed by atoms with Crippen molar-refractivity contribution in [1.82, 2.24) is 29.3 Å². The third-order valence-corrected chi connectivity index (χ3v) is 12.6. The molecule has 1 aromatic carbocycles. The number of amides is 2. The van der Waals surface area contributed by atoms with Gasteiger partial charge >= 0.3 is 0 Å². The number of fused-ring (bicyclic) bond motifs is 3. The highest BCUT2D eigenvalue weighted by atomic mass is 19.1. The molecular formula is C41H49FN8O3. The number of likely N-dealkylation sites (tertiary alicyclic amines) is 2. The van der Waals surface area contributed by atoms with Crippen molar-refractivity contribution in [1.29, 1.82) is 0 Å². The number of anilines is 3. The quantitative estimate of drug-likeness (QED) is 0.221. The van der Waals surface area contributed by atoms with Crippen LogP contribution in [-0.4, -0.2) is 92.6 Å². The molecule has 0 radical (unpaired) electrons. The van der Waals surface area contributed by atoms with Gasteiger partial charge in [0.1, 0.15) is 5.52 Å². The lowest BCUT2D eigenvalue weighted by Crippen LogP contribution is -2.57. The van der Waals surface area contributed by atoms with Gasteiger partial charge in [-0.2, -0.15) is 0 Å². The van der Waals surface area contributed by atoms with Crippen molar-refractivity contribution >= 4 is 40.0 Å². The molecule has 0 bridgehead atoms. The third kappa shape index (κ3) is 5.89. The number of benzene rings is 1. The maximum Gasteiger partial charge on any atom is 0.238 e. The van der Waals surface area contributed by atoms with Gasteiger partial charge in [-0.15, -0.1) is 0 Å². The smallest absolute Gasteiger partial charge is 0.238 e. The van der Waals surface area contributed by atoms with Crippen LogP contribution in [0.5, 0.6) is 0 Å². The Hall–Kier alpha value is -4.42. The second kappa shape index (κ2) is 12.9. The van der Waals surface area contributed by atoms with E-state index in [4.69, 9.17) is 14.7 Å². The second-order valence-corrected chi connectivity index (χ2v) is 17.1. The Morgan fingerprint density at radius 3 is 2.53 bits per heavy atom. The molecule has 1 saturated carbocycles. The average molecular weight is 721 g/mol. The summed E-state index contributed by atoms with van der Waals surface area (Å²) in [6, 6.07) is 10.6. The van der Waals surface area contributed by atoms with Crippen LogP contribution >= 0.6 is 0 Å². The van der Waals surface area contributed by atoms with Gasteiger partial charge in [0.25, 0.3) is 0 Å². The van der Waals surface area contributed by atoms with Crippen LogP contribution in [0.15, 0.2) is 49.1 Å². The van der Waals surface area contributed by atoms with E-state index in [0.717, 1.165) is 53.8 Å². The largest absolute Gasteiger partial charge is 0.381 e. The molecule has 4 aliphatic heterocycles. The van der Waals surface area contributed by atoms with Gasteiger partial charge in [-0.1, -0.05) is 26.0 Å². The van der Waals surface area contributed by atoms with Gasteiger partial charge in [-0.05, 0) is 81.7 Å². The van der Waals surface area contributed by atoms with Gasteiger partial charge in [-0.25, -0.2) is 14.4 Å². The van der Waals surface area contributed by atoms with Crippen LogP contribution in [0, 0.1) is 17.2 Å². The predicted molar refractivity (Wildman–Crippen MR) is 202 cm³/mol. The fourth-order valence-corrected chi connectivity index (χ4v) is 9.34. The van der Waals surface area contributed by atoms with Gasteiger partial charge < -0.3 is 24.4 Å². The minimum Gasteiger partial charge on any atom is -0.381 e. The zero-order chi connectivity index (χ0) is 36.6. The lowest BCUT2D eigenvalue weighted by Gasteiger charge is -2.46. The molecule has 2 amide bonds. The number of hydrogen-bond acceptors (Lipinski definition) is 8. The van der Waals surface area contributed by atoms with Crippen molar-refractivity contribution in [2.75, 3.05) is 49.6 Å². The molecule has 3 saturated heterocycles. The summed E-state index contributed by atoms with van der Waals surface area (Å²) in [5.74, 6) is 0.671. The number of aromatic nitrogens is 4. The maximum absolute atomic E-state index is 14.9. The van der Waals surface area contributed by atoms with Gasteiger partial charge in [0.2, 0.25) is 11.8 Å². The number of imidazole rings is 1. The van der Waals surface area contributed by atoms with Gasteiger partial charge in [0.05, 0.1) is 48.1 Å².